The van der Waals surface area contributed by atoms with Crippen molar-refractivity contribution in [2.24, 2.45) is 5.10 Å². The lowest BCUT2D eigenvalue weighted by molar-refractivity contribution is 0.0955. The van der Waals surface area contributed by atoms with Crippen molar-refractivity contribution in [1.82, 2.24) is 5.43 Å². The second-order valence-electron chi connectivity index (χ2n) is 4.99. The van der Waals surface area contributed by atoms with Crippen LogP contribution >= 0.6 is 15.9 Å². The SMILES string of the molecule is CCc1ccc(C(=O)N/N=C\c2cc(Br)c3c(c2)OCO3)cc1. The molecule has 118 valence electrons. The van der Waals surface area contributed by atoms with Gasteiger partial charge >= 0.3 is 0 Å². The van der Waals surface area contributed by atoms with Crippen LogP contribution in [0.15, 0.2) is 46.0 Å². The van der Waals surface area contributed by atoms with Crippen molar-refractivity contribution in [2.45, 2.75) is 13.3 Å². The van der Waals surface area contributed by atoms with Gasteiger partial charge in [0.25, 0.3) is 5.91 Å². The van der Waals surface area contributed by atoms with E-state index >= 15 is 0 Å². The maximum atomic E-state index is 12.0. The van der Waals surface area contributed by atoms with Crippen LogP contribution in [0.3, 0.4) is 0 Å². The van der Waals surface area contributed by atoms with Gasteiger partial charge in [0.05, 0.1) is 10.7 Å². The van der Waals surface area contributed by atoms with Gasteiger partial charge in [0.1, 0.15) is 0 Å². The van der Waals surface area contributed by atoms with Crippen LogP contribution in [0.4, 0.5) is 0 Å². The van der Waals surface area contributed by atoms with Crippen molar-refractivity contribution in [3.8, 4) is 11.5 Å². The minimum Gasteiger partial charge on any atom is -0.454 e. The molecule has 0 unspecified atom stereocenters. The Morgan fingerprint density at radius 1 is 1.30 bits per heavy atom. The summed E-state index contributed by atoms with van der Waals surface area (Å²) < 4.78 is 11.4. The van der Waals surface area contributed by atoms with Gasteiger partial charge in [0.2, 0.25) is 6.79 Å². The van der Waals surface area contributed by atoms with Gasteiger partial charge in [-0.25, -0.2) is 5.43 Å². The van der Waals surface area contributed by atoms with E-state index in [1.54, 1.807) is 24.4 Å². The number of amides is 1. The molecule has 5 nitrogen and oxygen atoms in total. The van der Waals surface area contributed by atoms with Crippen LogP contribution in [0.1, 0.15) is 28.4 Å². The second-order valence-corrected chi connectivity index (χ2v) is 5.84. The highest BCUT2D eigenvalue weighted by molar-refractivity contribution is 9.10. The van der Waals surface area contributed by atoms with E-state index in [0.717, 1.165) is 16.5 Å². The molecule has 0 bridgehead atoms. The quantitative estimate of drug-likeness (QED) is 0.657. The predicted molar refractivity (Wildman–Crippen MR) is 91.1 cm³/mol. The number of nitrogens with zero attached hydrogens (tertiary/aromatic N) is 1. The van der Waals surface area contributed by atoms with E-state index in [9.17, 15) is 4.79 Å². The third-order valence-corrected chi connectivity index (χ3v) is 4.04. The zero-order valence-corrected chi connectivity index (χ0v) is 14.1. The fraction of sp³-hybridized carbons (Fsp3) is 0.176. The number of halogens is 1. The molecule has 1 aliphatic rings. The van der Waals surface area contributed by atoms with E-state index in [4.69, 9.17) is 9.47 Å². The molecule has 0 aromatic heterocycles. The largest absolute Gasteiger partial charge is 0.454 e. The van der Waals surface area contributed by atoms with E-state index in [1.807, 2.05) is 18.2 Å². The molecule has 2 aromatic rings. The summed E-state index contributed by atoms with van der Waals surface area (Å²) in [7, 11) is 0. The Balaban J connectivity index is 1.66. The third-order valence-electron chi connectivity index (χ3n) is 3.45. The van der Waals surface area contributed by atoms with Crippen LogP contribution < -0.4 is 14.9 Å². The first-order chi connectivity index (χ1) is 11.2. The minimum atomic E-state index is -0.247. The summed E-state index contributed by atoms with van der Waals surface area (Å²) in [6.45, 7) is 2.28. The Kier molecular flexibility index (Phi) is 4.62. The molecule has 0 radical (unpaired) electrons. The van der Waals surface area contributed by atoms with Gasteiger partial charge < -0.3 is 9.47 Å². The summed E-state index contributed by atoms with van der Waals surface area (Å²) in [4.78, 5) is 12.0. The normalized spacial score (nSPS) is 12.6. The summed E-state index contributed by atoms with van der Waals surface area (Å²) in [5.74, 6) is 1.09. The summed E-state index contributed by atoms with van der Waals surface area (Å²) in [6.07, 6.45) is 2.50. The number of hydrazone groups is 1. The number of fused-ring (bicyclic) bond motifs is 1. The molecule has 0 saturated heterocycles. The van der Waals surface area contributed by atoms with Crippen LogP contribution in [0.5, 0.6) is 11.5 Å². The number of hydrogen-bond donors (Lipinski definition) is 1. The average molecular weight is 375 g/mol. The Morgan fingerprint density at radius 3 is 2.83 bits per heavy atom. The van der Waals surface area contributed by atoms with Crippen molar-refractivity contribution in [3.05, 3.63) is 57.6 Å². The molecule has 0 spiro atoms. The van der Waals surface area contributed by atoms with Gasteiger partial charge in [-0.2, -0.15) is 5.10 Å². The van der Waals surface area contributed by atoms with Crippen LogP contribution in [0.2, 0.25) is 0 Å². The molecular weight excluding hydrogens is 360 g/mol. The Hall–Kier alpha value is -2.34. The topological polar surface area (TPSA) is 59.9 Å². The summed E-state index contributed by atoms with van der Waals surface area (Å²) in [6, 6.07) is 11.1. The summed E-state index contributed by atoms with van der Waals surface area (Å²) in [5, 5.41) is 3.99. The van der Waals surface area contributed by atoms with E-state index in [-0.39, 0.29) is 12.7 Å². The number of carbonyl (C=O) groups is 1. The number of hydrogen-bond acceptors (Lipinski definition) is 4. The molecule has 0 atom stereocenters. The number of carbonyl (C=O) groups excluding carboxylic acids is 1. The van der Waals surface area contributed by atoms with Gasteiger partial charge in [-0.1, -0.05) is 19.1 Å². The molecule has 0 saturated carbocycles. The third kappa shape index (κ3) is 3.53. The standard InChI is InChI=1S/C17H15BrN2O3/c1-2-11-3-5-13(6-4-11)17(21)20-19-9-12-7-14(18)16-15(8-12)22-10-23-16/h3-9H,2,10H2,1H3,(H,20,21)/b19-9-. The van der Waals surface area contributed by atoms with Gasteiger partial charge in [0, 0.05) is 5.56 Å². The number of rotatable bonds is 4. The highest BCUT2D eigenvalue weighted by Gasteiger charge is 2.17. The van der Waals surface area contributed by atoms with Crippen LogP contribution in [-0.4, -0.2) is 18.9 Å². The first kappa shape index (κ1) is 15.6. The van der Waals surface area contributed by atoms with Crippen molar-refractivity contribution >= 4 is 28.1 Å². The lowest BCUT2D eigenvalue weighted by Gasteiger charge is -2.02. The molecule has 1 amide bonds. The first-order valence-corrected chi connectivity index (χ1v) is 7.98. The van der Waals surface area contributed by atoms with E-state index in [2.05, 4.69) is 33.4 Å². The molecule has 2 aromatic carbocycles. The Labute approximate surface area is 142 Å². The van der Waals surface area contributed by atoms with Gasteiger partial charge in [0.15, 0.2) is 11.5 Å². The lowest BCUT2D eigenvalue weighted by atomic mass is 10.1. The van der Waals surface area contributed by atoms with E-state index < -0.39 is 0 Å². The molecule has 3 rings (SSSR count). The zero-order chi connectivity index (χ0) is 16.2. The predicted octanol–water partition coefficient (Wildman–Crippen LogP) is 3.50. The van der Waals surface area contributed by atoms with Gasteiger partial charge in [-0.15, -0.1) is 0 Å². The van der Waals surface area contributed by atoms with Crippen molar-refractivity contribution in [1.29, 1.82) is 0 Å². The summed E-state index contributed by atoms with van der Waals surface area (Å²) >= 11 is 3.42. The first-order valence-electron chi connectivity index (χ1n) is 7.19. The highest BCUT2D eigenvalue weighted by atomic mass is 79.9. The van der Waals surface area contributed by atoms with Gasteiger partial charge in [-0.05, 0) is 57.7 Å². The van der Waals surface area contributed by atoms with Crippen molar-refractivity contribution in [2.75, 3.05) is 6.79 Å². The second kappa shape index (κ2) is 6.83. The lowest BCUT2D eigenvalue weighted by Crippen LogP contribution is -2.17. The minimum absolute atomic E-state index is 0.207. The number of nitrogens with one attached hydrogen (secondary N) is 1. The number of benzene rings is 2. The average Bonchev–Trinajstić information content (AvgIpc) is 3.04. The molecular formula is C17H15BrN2O3. The maximum Gasteiger partial charge on any atom is 0.271 e. The summed E-state index contributed by atoms with van der Waals surface area (Å²) in [5.41, 5.74) is 5.07. The molecule has 0 aliphatic carbocycles. The molecule has 0 fully saturated rings. The van der Waals surface area contributed by atoms with Crippen LogP contribution in [-0.2, 0) is 6.42 Å². The molecule has 23 heavy (non-hydrogen) atoms. The van der Waals surface area contributed by atoms with Crippen LogP contribution in [0, 0.1) is 0 Å². The van der Waals surface area contributed by atoms with E-state index in [1.165, 1.54) is 5.56 Å². The molecule has 6 heteroatoms. The van der Waals surface area contributed by atoms with Crippen molar-refractivity contribution < 1.29 is 14.3 Å². The Morgan fingerprint density at radius 2 is 2.09 bits per heavy atom. The number of ether oxygens (including phenoxy) is 2. The molecule has 1 aliphatic heterocycles. The fourth-order valence-electron chi connectivity index (χ4n) is 2.18. The Bertz CT molecular complexity index is 757. The number of aryl methyl sites for hydroxylation is 1. The molecule has 1 heterocycles. The highest BCUT2D eigenvalue weighted by Crippen LogP contribution is 2.39. The molecule has 1 N–H and O–H groups in total. The van der Waals surface area contributed by atoms with Crippen LogP contribution in [0.25, 0.3) is 0 Å². The van der Waals surface area contributed by atoms with Gasteiger partial charge in [-0.3, -0.25) is 4.79 Å². The maximum absolute atomic E-state index is 12.0. The zero-order valence-electron chi connectivity index (χ0n) is 12.5. The van der Waals surface area contributed by atoms with Crippen molar-refractivity contribution in [3.63, 3.8) is 0 Å². The fourth-order valence-corrected chi connectivity index (χ4v) is 2.76. The van der Waals surface area contributed by atoms with E-state index in [0.29, 0.717) is 17.1 Å². The smallest absolute Gasteiger partial charge is 0.271 e. The monoisotopic (exact) mass is 374 g/mol.